The minimum Gasteiger partial charge on any atom is -0.457 e. The molecule has 0 bridgehead atoms. The molecule has 0 unspecified atom stereocenters. The highest BCUT2D eigenvalue weighted by Gasteiger charge is 2.24. The van der Waals surface area contributed by atoms with Crippen LogP contribution in [0, 0.1) is 0 Å². The average Bonchev–Trinajstić information content (AvgIpc) is 3.27. The first-order chi connectivity index (χ1) is 27.7. The van der Waals surface area contributed by atoms with Gasteiger partial charge in [-0.2, -0.15) is 0 Å². The van der Waals surface area contributed by atoms with Crippen LogP contribution in [0.4, 0.5) is 0 Å². The minimum absolute atomic E-state index is 0.0230. The Kier molecular flexibility index (Phi) is 12.6. The van der Waals surface area contributed by atoms with Crippen molar-refractivity contribution in [3.63, 3.8) is 0 Å². The number of Topliss-reactive ketones (excluding diaryl/α,β-unsaturated/α-hetero) is 3. The lowest BCUT2D eigenvalue weighted by atomic mass is 9.98. The summed E-state index contributed by atoms with van der Waals surface area (Å²) in [6.07, 6.45) is 0. The van der Waals surface area contributed by atoms with Gasteiger partial charge in [-0.05, 0) is 60.7 Å². The third kappa shape index (κ3) is 10.3. The largest absolute Gasteiger partial charge is 0.457 e. The molecule has 0 atom stereocenters. The summed E-state index contributed by atoms with van der Waals surface area (Å²) in [5, 5.41) is 0. The maximum atomic E-state index is 13.6. The molecule has 0 N–H and O–H groups in total. The second kappa shape index (κ2) is 18.5. The molecule has 11 nitrogen and oxygen atoms in total. The number of ketones is 4. The molecule has 0 spiro atoms. The highest BCUT2D eigenvalue weighted by atomic mass is 16.5. The Bertz CT molecular complexity index is 2420. The number of ether oxygens (including phenoxy) is 4. The zero-order valence-electron chi connectivity index (χ0n) is 30.1. The van der Waals surface area contributed by atoms with Gasteiger partial charge in [-0.25, -0.2) is 14.4 Å². The molecule has 0 saturated heterocycles. The van der Waals surface area contributed by atoms with Crippen molar-refractivity contribution in [1.82, 2.24) is 0 Å². The molecule has 6 rings (SSSR count). The predicted octanol–water partition coefficient (Wildman–Crippen LogP) is 7.83. The Hall–Kier alpha value is -7.79. The van der Waals surface area contributed by atoms with E-state index in [-0.39, 0.29) is 33.6 Å². The second-order valence-corrected chi connectivity index (χ2v) is 12.3. The molecule has 0 aliphatic heterocycles. The second-order valence-electron chi connectivity index (χ2n) is 12.3. The molecule has 0 aliphatic carbocycles. The van der Waals surface area contributed by atoms with Crippen LogP contribution in [-0.2, 0) is 14.2 Å². The maximum absolute atomic E-state index is 13.6. The Morgan fingerprint density at radius 1 is 0.333 bits per heavy atom. The van der Waals surface area contributed by atoms with Gasteiger partial charge in [-0.1, -0.05) is 97.1 Å². The van der Waals surface area contributed by atoms with E-state index in [4.69, 9.17) is 18.9 Å². The maximum Gasteiger partial charge on any atom is 0.339 e. The zero-order chi connectivity index (χ0) is 40.1. The van der Waals surface area contributed by atoms with Crippen LogP contribution in [0.1, 0.15) is 78.1 Å². The van der Waals surface area contributed by atoms with E-state index in [1.54, 1.807) is 115 Å². The van der Waals surface area contributed by atoms with Crippen molar-refractivity contribution in [3.8, 4) is 11.5 Å². The Morgan fingerprint density at radius 2 is 0.702 bits per heavy atom. The zero-order valence-corrected chi connectivity index (χ0v) is 30.1. The van der Waals surface area contributed by atoms with Crippen LogP contribution in [0.25, 0.3) is 0 Å². The number of rotatable bonds is 16. The highest BCUT2D eigenvalue weighted by Crippen LogP contribution is 2.24. The van der Waals surface area contributed by atoms with Crippen LogP contribution in [0.2, 0.25) is 0 Å². The summed E-state index contributed by atoms with van der Waals surface area (Å²) < 4.78 is 21.5. The lowest BCUT2D eigenvalue weighted by molar-refractivity contribution is 0.0439. The van der Waals surface area contributed by atoms with E-state index in [0.29, 0.717) is 28.2 Å². The molecule has 57 heavy (non-hydrogen) atoms. The van der Waals surface area contributed by atoms with Gasteiger partial charge < -0.3 is 18.9 Å². The first kappa shape index (κ1) is 38.9. The highest BCUT2D eigenvalue weighted by molar-refractivity contribution is 6.12. The van der Waals surface area contributed by atoms with Crippen LogP contribution < -0.4 is 4.74 Å². The van der Waals surface area contributed by atoms with Crippen molar-refractivity contribution in [1.29, 1.82) is 0 Å². The molecule has 6 aromatic rings. The molecule has 0 amide bonds. The number of benzene rings is 6. The lowest BCUT2D eigenvalue weighted by Gasteiger charge is -2.12. The van der Waals surface area contributed by atoms with Gasteiger partial charge in [-0.3, -0.25) is 19.2 Å². The number of hydrogen-bond donors (Lipinski definition) is 0. The molecule has 11 heteroatoms. The van der Waals surface area contributed by atoms with Crippen molar-refractivity contribution < 1.29 is 52.5 Å². The minimum atomic E-state index is -1.06. The fourth-order valence-electron chi connectivity index (χ4n) is 5.42. The Morgan fingerprint density at radius 3 is 1.14 bits per heavy atom. The molecule has 0 saturated carbocycles. The Balaban J connectivity index is 1.12. The molecule has 0 aliphatic rings. The third-order valence-corrected chi connectivity index (χ3v) is 8.45. The van der Waals surface area contributed by atoms with Gasteiger partial charge in [0.05, 0.1) is 16.7 Å². The molecule has 0 heterocycles. The fraction of sp³-hybridized carbons (Fsp3) is 0.0652. The first-order valence-electron chi connectivity index (χ1n) is 17.5. The Labute approximate surface area is 326 Å². The lowest BCUT2D eigenvalue weighted by Crippen LogP contribution is -2.20. The molecule has 282 valence electrons. The topological polar surface area (TPSA) is 156 Å². The SMILES string of the molecule is O=C(COC(=O)c1ccc(Oc2ccc(C(=O)c3ccc(C(=O)OCC(=O)c4ccccc4)c(C(=O)OCC(=O)c4ccccc4)c3)cc2)cc1)c1ccccc1. The standard InChI is InChI=1S/C46H32O11/c47-40(30-10-4-1-5-11-30)27-54-44(51)34-18-23-37(24-19-34)57-36-21-16-33(17-22-36)43(50)35-20-25-38(45(52)55-28-41(48)31-12-6-2-7-13-31)39(26-35)46(53)56-29-42(49)32-14-8-3-9-15-32/h1-26H,27-29H2. The van der Waals surface area contributed by atoms with Crippen LogP contribution >= 0.6 is 0 Å². The summed E-state index contributed by atoms with van der Waals surface area (Å²) in [7, 11) is 0. The van der Waals surface area contributed by atoms with E-state index < -0.39 is 55.1 Å². The van der Waals surface area contributed by atoms with Gasteiger partial charge >= 0.3 is 17.9 Å². The van der Waals surface area contributed by atoms with E-state index >= 15 is 0 Å². The summed E-state index contributed by atoms with van der Waals surface area (Å²) in [5.41, 5.74) is 0.919. The van der Waals surface area contributed by atoms with Crippen LogP contribution in [-0.4, -0.2) is 60.9 Å². The summed E-state index contributed by atoms with van der Waals surface area (Å²) in [5.74, 6) is -3.78. The average molecular weight is 761 g/mol. The van der Waals surface area contributed by atoms with Gasteiger partial charge in [0.15, 0.2) is 43.0 Å². The third-order valence-electron chi connectivity index (χ3n) is 8.45. The molecular weight excluding hydrogens is 728 g/mol. The van der Waals surface area contributed by atoms with Gasteiger partial charge in [0.1, 0.15) is 11.5 Å². The van der Waals surface area contributed by atoms with Gasteiger partial charge in [0.2, 0.25) is 0 Å². The molecule has 6 aromatic carbocycles. The van der Waals surface area contributed by atoms with E-state index in [1.165, 1.54) is 42.5 Å². The van der Waals surface area contributed by atoms with Gasteiger partial charge in [-0.15, -0.1) is 0 Å². The smallest absolute Gasteiger partial charge is 0.339 e. The summed E-state index contributed by atoms with van der Waals surface area (Å²) in [6.45, 7) is -1.64. The van der Waals surface area contributed by atoms with Crippen molar-refractivity contribution in [3.05, 3.63) is 202 Å². The fourth-order valence-corrected chi connectivity index (χ4v) is 5.42. The molecule has 0 fully saturated rings. The van der Waals surface area contributed by atoms with Crippen molar-refractivity contribution >= 4 is 41.0 Å². The van der Waals surface area contributed by atoms with E-state index in [1.807, 2.05) is 0 Å². The van der Waals surface area contributed by atoms with E-state index in [9.17, 15) is 33.6 Å². The number of esters is 3. The van der Waals surface area contributed by atoms with Crippen molar-refractivity contribution in [2.24, 2.45) is 0 Å². The number of carbonyl (C=O) groups excluding carboxylic acids is 7. The van der Waals surface area contributed by atoms with Gasteiger partial charge in [0.25, 0.3) is 0 Å². The summed E-state index contributed by atoms with van der Waals surface area (Å²) in [4.78, 5) is 90.1. The van der Waals surface area contributed by atoms with Crippen LogP contribution in [0.3, 0.4) is 0 Å². The summed E-state index contributed by atoms with van der Waals surface area (Å²) in [6, 6.07) is 40.7. The normalized spacial score (nSPS) is 10.5. The molecule has 0 radical (unpaired) electrons. The van der Waals surface area contributed by atoms with Crippen LogP contribution in [0.15, 0.2) is 158 Å². The predicted molar refractivity (Wildman–Crippen MR) is 206 cm³/mol. The quantitative estimate of drug-likeness (QED) is 0.0538. The van der Waals surface area contributed by atoms with Crippen molar-refractivity contribution in [2.75, 3.05) is 19.8 Å². The number of hydrogen-bond acceptors (Lipinski definition) is 11. The monoisotopic (exact) mass is 760 g/mol. The summed E-state index contributed by atoms with van der Waals surface area (Å²) >= 11 is 0. The van der Waals surface area contributed by atoms with Crippen molar-refractivity contribution in [2.45, 2.75) is 0 Å². The van der Waals surface area contributed by atoms with E-state index in [0.717, 1.165) is 0 Å². The molecule has 0 aromatic heterocycles. The number of carbonyl (C=O) groups is 7. The first-order valence-corrected chi connectivity index (χ1v) is 17.5. The van der Waals surface area contributed by atoms with Gasteiger partial charge in [0, 0.05) is 27.8 Å². The van der Waals surface area contributed by atoms with E-state index in [2.05, 4.69) is 0 Å². The van der Waals surface area contributed by atoms with Crippen LogP contribution in [0.5, 0.6) is 11.5 Å². The molecular formula is C46H32O11.